The number of rotatable bonds is 6. The van der Waals surface area contributed by atoms with Crippen molar-refractivity contribution < 1.29 is 0 Å². The van der Waals surface area contributed by atoms with Crippen LogP contribution in [0.15, 0.2) is 249 Å². The monoisotopic (exact) mass is 877 g/mol. The second-order valence-corrected chi connectivity index (χ2v) is 19.5. The molecule has 11 aromatic rings. The Labute approximate surface area is 404 Å². The van der Waals surface area contributed by atoms with E-state index in [1.54, 1.807) is 0 Å². The minimum Gasteiger partial charge on any atom is -0.310 e. The molecule has 1 nitrogen and oxygen atoms in total. The van der Waals surface area contributed by atoms with Crippen molar-refractivity contribution >= 4 is 27.8 Å². The zero-order chi connectivity index (χ0) is 45.8. The van der Waals surface area contributed by atoms with Gasteiger partial charge in [0.15, 0.2) is 0 Å². The number of anilines is 3. The van der Waals surface area contributed by atoms with Crippen LogP contribution in [0, 0.1) is 0 Å². The van der Waals surface area contributed by atoms with Crippen LogP contribution >= 0.6 is 0 Å². The van der Waals surface area contributed by atoms with E-state index in [-0.39, 0.29) is 5.41 Å². The molecule has 3 aliphatic carbocycles. The molecule has 0 N–H and O–H groups in total. The summed E-state index contributed by atoms with van der Waals surface area (Å²) in [7, 11) is 0. The maximum Gasteiger partial charge on any atom is 0.0726 e. The molecular formula is C68H47N. The highest BCUT2D eigenvalue weighted by atomic mass is 15.1. The lowest BCUT2D eigenvalue weighted by molar-refractivity contribution is 0.660. The van der Waals surface area contributed by atoms with Crippen LogP contribution in [-0.2, 0) is 10.8 Å². The molecule has 324 valence electrons. The zero-order valence-electron chi connectivity index (χ0n) is 38.6. The largest absolute Gasteiger partial charge is 0.310 e. The first-order valence-corrected chi connectivity index (χ1v) is 24.3. The highest BCUT2D eigenvalue weighted by Crippen LogP contribution is 2.63. The molecule has 14 rings (SSSR count). The molecule has 0 radical (unpaired) electrons. The van der Waals surface area contributed by atoms with Gasteiger partial charge in [-0.2, -0.15) is 0 Å². The van der Waals surface area contributed by atoms with Gasteiger partial charge in [-0.25, -0.2) is 0 Å². The molecule has 0 aromatic heterocycles. The van der Waals surface area contributed by atoms with Crippen LogP contribution in [0.1, 0.15) is 47.2 Å². The van der Waals surface area contributed by atoms with Crippen molar-refractivity contribution in [2.24, 2.45) is 0 Å². The van der Waals surface area contributed by atoms with Gasteiger partial charge in [-0.05, 0) is 136 Å². The average molecular weight is 878 g/mol. The molecule has 0 atom stereocenters. The third-order valence-electron chi connectivity index (χ3n) is 15.7. The predicted octanol–water partition coefficient (Wildman–Crippen LogP) is 18.0. The Bertz CT molecular complexity index is 3810. The summed E-state index contributed by atoms with van der Waals surface area (Å²) in [6.45, 7) is 4.74. The van der Waals surface area contributed by atoms with E-state index in [0.29, 0.717) is 0 Å². The molecule has 1 spiro atoms. The van der Waals surface area contributed by atoms with Crippen molar-refractivity contribution in [3.05, 3.63) is 282 Å². The molecule has 69 heavy (non-hydrogen) atoms. The molecule has 11 aromatic carbocycles. The van der Waals surface area contributed by atoms with Gasteiger partial charge in [0, 0.05) is 22.4 Å². The Kier molecular flexibility index (Phi) is 8.61. The Morgan fingerprint density at radius 1 is 0.290 bits per heavy atom. The maximum absolute atomic E-state index is 2.50. The lowest BCUT2D eigenvalue weighted by atomic mass is 9.70. The normalized spacial score (nSPS) is 13.9. The third-order valence-corrected chi connectivity index (χ3v) is 15.7. The van der Waals surface area contributed by atoms with E-state index in [9.17, 15) is 0 Å². The molecule has 0 amide bonds. The second kappa shape index (κ2) is 15.0. The first-order chi connectivity index (χ1) is 34.0. The molecule has 0 unspecified atom stereocenters. The van der Waals surface area contributed by atoms with Crippen molar-refractivity contribution in [1.82, 2.24) is 0 Å². The molecule has 1 heteroatoms. The van der Waals surface area contributed by atoms with Crippen LogP contribution in [-0.4, -0.2) is 0 Å². The lowest BCUT2D eigenvalue weighted by Gasteiger charge is -2.32. The van der Waals surface area contributed by atoms with Gasteiger partial charge in [-0.3, -0.25) is 0 Å². The van der Waals surface area contributed by atoms with E-state index in [4.69, 9.17) is 0 Å². The molecule has 0 saturated heterocycles. The van der Waals surface area contributed by atoms with Gasteiger partial charge in [0.25, 0.3) is 0 Å². The quantitative estimate of drug-likeness (QED) is 0.161. The SMILES string of the molecule is CC1(C)c2ccccc2-c2c(-c3c(-c4ccc(N(c5ccc6c(c5)C5(c7ccccc7-c7ccccc75)c5ccccc5-6)c5ccccc5-c5ccccc5)cc4)ccc4ccccc34)cccc21. The fraction of sp³-hybridized carbons (Fsp3) is 0.0588. The first kappa shape index (κ1) is 39.6. The standard InChI is InChI=1S/C68H47N/c1-67(2)58-29-13-11-27-56(58)66-57(28-18-33-62(66)67)65-50-23-7-6-21-45(50)37-41-51(65)46-35-38-47(39-36-46)69(64-34-17-12-22-49(64)44-19-4-3-5-20-44)48-40-42-55-54-26-10-16-32-61(54)68(63(55)43-48)59-30-14-8-24-52(59)53-25-9-15-31-60(53)68/h3-43H,1-2H3. The van der Waals surface area contributed by atoms with Crippen LogP contribution in [0.2, 0.25) is 0 Å². The summed E-state index contributed by atoms with van der Waals surface area (Å²) in [5.74, 6) is 0. The van der Waals surface area contributed by atoms with Gasteiger partial charge < -0.3 is 4.90 Å². The van der Waals surface area contributed by atoms with Crippen molar-refractivity contribution in [3.8, 4) is 66.8 Å². The van der Waals surface area contributed by atoms with Gasteiger partial charge in [0.05, 0.1) is 11.1 Å². The summed E-state index contributed by atoms with van der Waals surface area (Å²) in [6, 6.07) is 93.0. The minimum absolute atomic E-state index is 0.0989. The topological polar surface area (TPSA) is 3.24 Å². The molecule has 3 aliphatic rings. The van der Waals surface area contributed by atoms with E-state index in [2.05, 4.69) is 267 Å². The fourth-order valence-corrected chi connectivity index (χ4v) is 12.7. The van der Waals surface area contributed by atoms with Gasteiger partial charge in [-0.1, -0.05) is 232 Å². The first-order valence-electron chi connectivity index (χ1n) is 24.3. The number of fused-ring (bicyclic) bond motifs is 14. The molecular weight excluding hydrogens is 831 g/mol. The van der Waals surface area contributed by atoms with E-state index >= 15 is 0 Å². The van der Waals surface area contributed by atoms with Crippen LogP contribution in [0.3, 0.4) is 0 Å². The molecule has 0 saturated carbocycles. The number of para-hydroxylation sites is 1. The van der Waals surface area contributed by atoms with Crippen LogP contribution in [0.5, 0.6) is 0 Å². The van der Waals surface area contributed by atoms with E-state index in [0.717, 1.165) is 17.1 Å². The third kappa shape index (κ3) is 5.59. The van der Waals surface area contributed by atoms with E-state index in [1.165, 1.54) is 111 Å². The van der Waals surface area contributed by atoms with Gasteiger partial charge >= 0.3 is 0 Å². The average Bonchev–Trinajstić information content (AvgIpc) is 3.97. The maximum atomic E-state index is 2.50. The minimum atomic E-state index is -0.455. The Morgan fingerprint density at radius 2 is 0.783 bits per heavy atom. The second-order valence-electron chi connectivity index (χ2n) is 19.5. The Morgan fingerprint density at radius 3 is 1.48 bits per heavy atom. The summed E-state index contributed by atoms with van der Waals surface area (Å²) >= 11 is 0. The van der Waals surface area contributed by atoms with Crippen molar-refractivity contribution in [2.75, 3.05) is 4.90 Å². The Balaban J connectivity index is 0.981. The molecule has 0 fully saturated rings. The molecule has 0 heterocycles. The van der Waals surface area contributed by atoms with Crippen LogP contribution < -0.4 is 4.90 Å². The van der Waals surface area contributed by atoms with Crippen LogP contribution in [0.25, 0.3) is 77.5 Å². The van der Waals surface area contributed by atoms with Crippen molar-refractivity contribution in [2.45, 2.75) is 24.7 Å². The number of hydrogen-bond donors (Lipinski definition) is 0. The molecule has 0 bridgehead atoms. The predicted molar refractivity (Wildman–Crippen MR) is 289 cm³/mol. The molecule has 0 aliphatic heterocycles. The number of benzene rings is 11. The van der Waals surface area contributed by atoms with Crippen molar-refractivity contribution in [3.63, 3.8) is 0 Å². The summed E-state index contributed by atoms with van der Waals surface area (Å²) in [5.41, 5.74) is 26.1. The van der Waals surface area contributed by atoms with Crippen LogP contribution in [0.4, 0.5) is 17.1 Å². The number of hydrogen-bond acceptors (Lipinski definition) is 1. The summed E-state index contributed by atoms with van der Waals surface area (Å²) in [4.78, 5) is 2.49. The van der Waals surface area contributed by atoms with E-state index in [1.807, 2.05) is 0 Å². The van der Waals surface area contributed by atoms with Gasteiger partial charge in [0.1, 0.15) is 0 Å². The summed E-state index contributed by atoms with van der Waals surface area (Å²) in [6.07, 6.45) is 0. The Hall–Kier alpha value is -8.52. The van der Waals surface area contributed by atoms with Crippen molar-refractivity contribution in [1.29, 1.82) is 0 Å². The van der Waals surface area contributed by atoms with Gasteiger partial charge in [0.2, 0.25) is 0 Å². The smallest absolute Gasteiger partial charge is 0.0726 e. The zero-order valence-corrected chi connectivity index (χ0v) is 38.6. The lowest BCUT2D eigenvalue weighted by Crippen LogP contribution is -2.26. The fourth-order valence-electron chi connectivity index (χ4n) is 12.7. The highest BCUT2D eigenvalue weighted by Gasteiger charge is 2.51. The number of nitrogens with zero attached hydrogens (tertiary/aromatic N) is 1. The summed E-state index contributed by atoms with van der Waals surface area (Å²) < 4.78 is 0. The highest BCUT2D eigenvalue weighted by molar-refractivity contribution is 6.09. The summed E-state index contributed by atoms with van der Waals surface area (Å²) in [5, 5.41) is 2.50. The van der Waals surface area contributed by atoms with E-state index < -0.39 is 5.41 Å². The van der Waals surface area contributed by atoms with Gasteiger partial charge in [-0.15, -0.1) is 0 Å².